The highest BCUT2D eigenvalue weighted by Crippen LogP contribution is 2.31. The number of carbonyl (C=O) groups is 1. The van der Waals surface area contributed by atoms with E-state index in [1.165, 1.54) is 6.92 Å². The first-order valence-corrected chi connectivity index (χ1v) is 4.84. The van der Waals surface area contributed by atoms with Crippen LogP contribution in [0.2, 0.25) is 0 Å². The third-order valence-corrected chi connectivity index (χ3v) is 1.81. The Morgan fingerprint density at radius 1 is 1.50 bits per heavy atom. The molecule has 0 aliphatic rings. The molecule has 0 radical (unpaired) electrons. The van der Waals surface area contributed by atoms with Gasteiger partial charge < -0.3 is 15.2 Å². The molecule has 0 spiro atoms. The van der Waals surface area contributed by atoms with Gasteiger partial charge in [-0.3, -0.25) is 10.2 Å². The van der Waals surface area contributed by atoms with Gasteiger partial charge in [-0.15, -0.1) is 0 Å². The fourth-order valence-corrected chi connectivity index (χ4v) is 1.26. The molecular weight excluding hydrogens is 208 g/mol. The lowest BCUT2D eigenvalue weighted by atomic mass is 10.1. The summed E-state index contributed by atoms with van der Waals surface area (Å²) in [6.45, 7) is 3.50. The molecular formula is C11H14N2O3. The first-order chi connectivity index (χ1) is 7.56. The van der Waals surface area contributed by atoms with E-state index in [-0.39, 0.29) is 11.6 Å². The zero-order valence-electron chi connectivity index (χ0n) is 9.24. The number of ether oxygens (including phenoxy) is 2. The lowest BCUT2D eigenvalue weighted by molar-refractivity contribution is -0.132. The SMILES string of the molecule is CCOc1c(OC(C)=O)cccc1C(=N)N. The third-order valence-electron chi connectivity index (χ3n) is 1.81. The average molecular weight is 222 g/mol. The second kappa shape index (κ2) is 5.16. The molecule has 0 aromatic heterocycles. The number of para-hydroxylation sites is 1. The van der Waals surface area contributed by atoms with E-state index in [2.05, 4.69) is 0 Å². The fraction of sp³-hybridized carbons (Fsp3) is 0.273. The van der Waals surface area contributed by atoms with Crippen LogP contribution in [0.15, 0.2) is 18.2 Å². The van der Waals surface area contributed by atoms with Crippen molar-refractivity contribution in [2.45, 2.75) is 13.8 Å². The van der Waals surface area contributed by atoms with Gasteiger partial charge in [-0.25, -0.2) is 0 Å². The number of nitrogen functional groups attached to an aromatic ring is 1. The summed E-state index contributed by atoms with van der Waals surface area (Å²) in [4.78, 5) is 10.9. The monoisotopic (exact) mass is 222 g/mol. The number of hydrogen-bond donors (Lipinski definition) is 2. The maximum absolute atomic E-state index is 10.9. The van der Waals surface area contributed by atoms with Crippen LogP contribution in [0, 0.1) is 5.41 Å². The first-order valence-electron chi connectivity index (χ1n) is 4.84. The topological polar surface area (TPSA) is 85.4 Å². The van der Waals surface area contributed by atoms with E-state index in [1.807, 2.05) is 0 Å². The molecule has 5 nitrogen and oxygen atoms in total. The minimum atomic E-state index is -0.443. The van der Waals surface area contributed by atoms with Crippen LogP contribution in [0.5, 0.6) is 11.5 Å². The van der Waals surface area contributed by atoms with Crippen LogP contribution < -0.4 is 15.2 Å². The van der Waals surface area contributed by atoms with Crippen LogP contribution in [0.1, 0.15) is 19.4 Å². The van der Waals surface area contributed by atoms with Gasteiger partial charge in [0.2, 0.25) is 0 Å². The molecule has 0 bridgehead atoms. The lowest BCUT2D eigenvalue weighted by Gasteiger charge is -2.13. The summed E-state index contributed by atoms with van der Waals surface area (Å²) < 4.78 is 10.3. The molecule has 0 unspecified atom stereocenters. The molecule has 0 saturated carbocycles. The predicted octanol–water partition coefficient (Wildman–Crippen LogP) is 1.29. The zero-order valence-corrected chi connectivity index (χ0v) is 9.24. The second-order valence-corrected chi connectivity index (χ2v) is 3.07. The molecule has 1 rings (SSSR count). The minimum absolute atomic E-state index is 0.127. The van der Waals surface area contributed by atoms with Gasteiger partial charge in [0.1, 0.15) is 5.84 Å². The van der Waals surface area contributed by atoms with E-state index in [9.17, 15) is 4.79 Å². The predicted molar refractivity (Wildman–Crippen MR) is 59.9 cm³/mol. The van der Waals surface area contributed by atoms with E-state index >= 15 is 0 Å². The summed E-state index contributed by atoms with van der Waals surface area (Å²) in [5.74, 6) is 0.0360. The molecule has 0 fully saturated rings. The molecule has 3 N–H and O–H groups in total. The molecule has 1 aromatic rings. The summed E-state index contributed by atoms with van der Waals surface area (Å²) in [5.41, 5.74) is 5.82. The second-order valence-electron chi connectivity index (χ2n) is 3.07. The van der Waals surface area contributed by atoms with E-state index in [4.69, 9.17) is 20.6 Å². The Morgan fingerprint density at radius 2 is 2.19 bits per heavy atom. The highest BCUT2D eigenvalue weighted by Gasteiger charge is 2.14. The van der Waals surface area contributed by atoms with Gasteiger partial charge in [-0.1, -0.05) is 6.07 Å². The molecule has 86 valence electrons. The van der Waals surface area contributed by atoms with Gasteiger partial charge in [0, 0.05) is 6.92 Å². The molecule has 5 heteroatoms. The summed E-state index contributed by atoms with van der Waals surface area (Å²) in [6.07, 6.45) is 0. The largest absolute Gasteiger partial charge is 0.489 e. The van der Waals surface area contributed by atoms with Crippen LogP contribution in [-0.4, -0.2) is 18.4 Å². The van der Waals surface area contributed by atoms with Gasteiger partial charge in [-0.2, -0.15) is 0 Å². The Morgan fingerprint density at radius 3 is 2.69 bits per heavy atom. The van der Waals surface area contributed by atoms with Crippen LogP contribution in [0.4, 0.5) is 0 Å². The van der Waals surface area contributed by atoms with E-state index in [0.29, 0.717) is 17.9 Å². The first kappa shape index (κ1) is 12.0. The Hall–Kier alpha value is -2.04. The minimum Gasteiger partial charge on any atom is -0.489 e. The van der Waals surface area contributed by atoms with Gasteiger partial charge in [0.25, 0.3) is 0 Å². The number of rotatable bonds is 4. The molecule has 0 aliphatic carbocycles. The third kappa shape index (κ3) is 2.73. The number of nitrogens with one attached hydrogen (secondary N) is 1. The van der Waals surface area contributed by atoms with Crippen molar-refractivity contribution in [2.75, 3.05) is 6.61 Å². The van der Waals surface area contributed by atoms with Crippen molar-refractivity contribution in [3.63, 3.8) is 0 Å². The van der Waals surface area contributed by atoms with Gasteiger partial charge in [0.05, 0.1) is 12.2 Å². The number of amidine groups is 1. The summed E-state index contributed by atoms with van der Waals surface area (Å²) >= 11 is 0. The number of carbonyl (C=O) groups excluding carboxylic acids is 1. The van der Waals surface area contributed by atoms with E-state index < -0.39 is 5.97 Å². The van der Waals surface area contributed by atoms with Crippen molar-refractivity contribution in [1.82, 2.24) is 0 Å². The van der Waals surface area contributed by atoms with Crippen molar-refractivity contribution in [2.24, 2.45) is 5.73 Å². The fourth-order valence-electron chi connectivity index (χ4n) is 1.26. The molecule has 0 heterocycles. The van der Waals surface area contributed by atoms with Crippen molar-refractivity contribution in [1.29, 1.82) is 5.41 Å². The number of esters is 1. The summed E-state index contributed by atoms with van der Waals surface area (Å²) in [7, 11) is 0. The molecule has 1 aromatic carbocycles. The van der Waals surface area contributed by atoms with Crippen LogP contribution >= 0.6 is 0 Å². The average Bonchev–Trinajstić information content (AvgIpc) is 2.19. The molecule has 0 saturated heterocycles. The van der Waals surface area contributed by atoms with Crippen molar-refractivity contribution < 1.29 is 14.3 Å². The lowest BCUT2D eigenvalue weighted by Crippen LogP contribution is -2.14. The van der Waals surface area contributed by atoms with E-state index in [0.717, 1.165) is 0 Å². The molecule has 0 amide bonds. The van der Waals surface area contributed by atoms with Crippen molar-refractivity contribution in [3.8, 4) is 11.5 Å². The quantitative estimate of drug-likeness (QED) is 0.348. The summed E-state index contributed by atoms with van der Waals surface area (Å²) in [5, 5.41) is 7.39. The Bertz CT molecular complexity index is 416. The van der Waals surface area contributed by atoms with Crippen LogP contribution in [0.3, 0.4) is 0 Å². The molecule has 16 heavy (non-hydrogen) atoms. The standard InChI is InChI=1S/C11H14N2O3/c1-3-15-10-8(11(12)13)5-4-6-9(10)16-7(2)14/h4-6H,3H2,1-2H3,(H3,12,13). The van der Waals surface area contributed by atoms with Gasteiger partial charge in [0.15, 0.2) is 11.5 Å². The van der Waals surface area contributed by atoms with Gasteiger partial charge >= 0.3 is 5.97 Å². The van der Waals surface area contributed by atoms with Crippen LogP contribution in [0.25, 0.3) is 0 Å². The highest BCUT2D eigenvalue weighted by atomic mass is 16.6. The highest BCUT2D eigenvalue weighted by molar-refractivity contribution is 5.98. The number of benzene rings is 1. The smallest absolute Gasteiger partial charge is 0.308 e. The normalized spacial score (nSPS) is 9.62. The van der Waals surface area contributed by atoms with E-state index in [1.54, 1.807) is 25.1 Å². The Kier molecular flexibility index (Phi) is 3.88. The van der Waals surface area contributed by atoms with Crippen LogP contribution in [-0.2, 0) is 4.79 Å². The maximum atomic E-state index is 10.9. The number of hydrogen-bond acceptors (Lipinski definition) is 4. The maximum Gasteiger partial charge on any atom is 0.308 e. The van der Waals surface area contributed by atoms with Gasteiger partial charge in [-0.05, 0) is 19.1 Å². The molecule has 0 aliphatic heterocycles. The zero-order chi connectivity index (χ0) is 12.1. The Balaban J connectivity index is 3.20. The Labute approximate surface area is 93.7 Å². The van der Waals surface area contributed by atoms with Crippen molar-refractivity contribution >= 4 is 11.8 Å². The summed E-state index contributed by atoms with van der Waals surface area (Å²) in [6, 6.07) is 4.89. The molecule has 0 atom stereocenters. The number of nitrogens with two attached hydrogens (primary N) is 1. The van der Waals surface area contributed by atoms with Crippen molar-refractivity contribution in [3.05, 3.63) is 23.8 Å².